The highest BCUT2D eigenvalue weighted by Crippen LogP contribution is 2.40. The molecular weight excluding hydrogens is 216 g/mol. The number of carbonyl (C=O) groups is 1. The summed E-state index contributed by atoms with van der Waals surface area (Å²) >= 11 is 0. The number of rotatable bonds is 7. The van der Waals surface area contributed by atoms with E-state index in [0.717, 1.165) is 25.8 Å². The molecule has 0 aromatic carbocycles. The third kappa shape index (κ3) is 2.80. The Morgan fingerprint density at radius 1 is 1.41 bits per heavy atom. The minimum atomic E-state index is -0.771. The predicted molar refractivity (Wildman–Crippen MR) is 66.5 cm³/mol. The molecule has 0 heterocycles. The predicted octanol–water partition coefficient (Wildman–Crippen LogP) is 1.14. The molecule has 0 aliphatic heterocycles. The van der Waals surface area contributed by atoms with Crippen LogP contribution in [0.3, 0.4) is 0 Å². The van der Waals surface area contributed by atoms with Gasteiger partial charge >= 0.3 is 5.97 Å². The summed E-state index contributed by atoms with van der Waals surface area (Å²) in [7, 11) is 1.44. The number of methoxy groups -OCH3 is 1. The van der Waals surface area contributed by atoms with Crippen molar-refractivity contribution in [2.24, 2.45) is 11.7 Å². The molecule has 2 saturated carbocycles. The number of nitrogens with zero attached hydrogens (tertiary/aromatic N) is 1. The molecule has 2 fully saturated rings. The summed E-state index contributed by atoms with van der Waals surface area (Å²) in [5.74, 6) is 0.0924. The minimum Gasteiger partial charge on any atom is -0.468 e. The maximum Gasteiger partial charge on any atom is 0.327 e. The fraction of sp³-hybridized carbons (Fsp3) is 0.923. The minimum absolute atomic E-state index is 0.234. The summed E-state index contributed by atoms with van der Waals surface area (Å²) in [6, 6.07) is 0.654. The lowest BCUT2D eigenvalue weighted by molar-refractivity contribution is -0.149. The first kappa shape index (κ1) is 12.8. The lowest BCUT2D eigenvalue weighted by Gasteiger charge is -2.33. The highest BCUT2D eigenvalue weighted by atomic mass is 16.5. The van der Waals surface area contributed by atoms with E-state index in [1.165, 1.54) is 20.0 Å². The van der Waals surface area contributed by atoms with E-state index in [0.29, 0.717) is 18.5 Å². The molecule has 2 aliphatic rings. The molecule has 2 aliphatic carbocycles. The molecule has 4 nitrogen and oxygen atoms in total. The normalized spacial score (nSPS) is 23.5. The molecule has 1 unspecified atom stereocenters. The van der Waals surface area contributed by atoms with E-state index in [4.69, 9.17) is 10.5 Å². The quantitative estimate of drug-likeness (QED) is 0.678. The Morgan fingerprint density at radius 3 is 2.47 bits per heavy atom. The van der Waals surface area contributed by atoms with E-state index in [9.17, 15) is 4.79 Å². The van der Waals surface area contributed by atoms with Gasteiger partial charge in [-0.05, 0) is 44.6 Å². The van der Waals surface area contributed by atoms with Crippen molar-refractivity contribution >= 4 is 5.97 Å². The van der Waals surface area contributed by atoms with Crippen molar-refractivity contribution in [3.8, 4) is 0 Å². The topological polar surface area (TPSA) is 55.6 Å². The van der Waals surface area contributed by atoms with E-state index < -0.39 is 5.54 Å². The lowest BCUT2D eigenvalue weighted by Crippen LogP contribution is -2.59. The maximum atomic E-state index is 11.9. The number of nitrogens with two attached hydrogens (primary N) is 1. The molecule has 0 aromatic rings. The van der Waals surface area contributed by atoms with Crippen LogP contribution in [-0.2, 0) is 9.53 Å². The van der Waals surface area contributed by atoms with Crippen LogP contribution in [0.15, 0.2) is 0 Å². The molecule has 0 spiro atoms. The van der Waals surface area contributed by atoms with Gasteiger partial charge < -0.3 is 10.5 Å². The van der Waals surface area contributed by atoms with Crippen LogP contribution in [-0.4, -0.2) is 42.6 Å². The summed E-state index contributed by atoms with van der Waals surface area (Å²) in [6.45, 7) is 3.87. The largest absolute Gasteiger partial charge is 0.468 e. The standard InChI is InChI=1S/C13H24N2O2/c1-3-8-15(11-6-7-11)9-13(14,10-4-5-10)12(16)17-2/h10-11H,3-9,14H2,1-2H3. The fourth-order valence-corrected chi connectivity index (χ4v) is 2.60. The highest BCUT2D eigenvalue weighted by Gasteiger charge is 2.51. The first-order valence-corrected chi connectivity index (χ1v) is 6.73. The van der Waals surface area contributed by atoms with E-state index in [1.54, 1.807) is 0 Å². The molecular formula is C13H24N2O2. The van der Waals surface area contributed by atoms with Crippen LogP contribution in [0.5, 0.6) is 0 Å². The number of carbonyl (C=O) groups excluding carboxylic acids is 1. The van der Waals surface area contributed by atoms with Gasteiger partial charge in [0.15, 0.2) is 0 Å². The monoisotopic (exact) mass is 240 g/mol. The number of ether oxygens (including phenoxy) is 1. The van der Waals surface area contributed by atoms with Gasteiger partial charge in [0.1, 0.15) is 5.54 Å². The summed E-state index contributed by atoms with van der Waals surface area (Å²) in [5, 5.41) is 0. The van der Waals surface area contributed by atoms with Crippen molar-refractivity contribution in [1.29, 1.82) is 0 Å². The van der Waals surface area contributed by atoms with Gasteiger partial charge in [-0.3, -0.25) is 9.69 Å². The van der Waals surface area contributed by atoms with Gasteiger partial charge in [0.05, 0.1) is 7.11 Å². The third-order valence-electron chi connectivity index (χ3n) is 3.91. The Morgan fingerprint density at radius 2 is 2.06 bits per heavy atom. The van der Waals surface area contributed by atoms with Gasteiger partial charge in [0.25, 0.3) is 0 Å². The molecule has 98 valence electrons. The van der Waals surface area contributed by atoms with Gasteiger partial charge in [-0.2, -0.15) is 0 Å². The molecule has 2 rings (SSSR count). The molecule has 4 heteroatoms. The Kier molecular flexibility index (Phi) is 3.73. The Labute approximate surface area is 103 Å². The average Bonchev–Trinajstić information content (AvgIpc) is 3.19. The smallest absolute Gasteiger partial charge is 0.327 e. The zero-order valence-electron chi connectivity index (χ0n) is 10.9. The average molecular weight is 240 g/mol. The van der Waals surface area contributed by atoms with Crippen LogP contribution in [0.4, 0.5) is 0 Å². The zero-order valence-corrected chi connectivity index (χ0v) is 10.9. The SMILES string of the molecule is CCCN(CC(N)(C(=O)OC)C1CC1)C1CC1. The van der Waals surface area contributed by atoms with Gasteiger partial charge in [0, 0.05) is 12.6 Å². The van der Waals surface area contributed by atoms with Gasteiger partial charge in [0.2, 0.25) is 0 Å². The van der Waals surface area contributed by atoms with Crippen molar-refractivity contribution in [2.75, 3.05) is 20.2 Å². The second kappa shape index (κ2) is 4.94. The summed E-state index contributed by atoms with van der Waals surface area (Å²) in [6.07, 6.45) is 5.74. The van der Waals surface area contributed by atoms with Crippen molar-refractivity contribution in [1.82, 2.24) is 4.90 Å². The summed E-state index contributed by atoms with van der Waals surface area (Å²) in [4.78, 5) is 14.3. The number of hydrogen-bond acceptors (Lipinski definition) is 4. The number of esters is 1. The van der Waals surface area contributed by atoms with Crippen molar-refractivity contribution in [2.45, 2.75) is 50.6 Å². The van der Waals surface area contributed by atoms with Crippen LogP contribution in [0.2, 0.25) is 0 Å². The Hall–Kier alpha value is -0.610. The molecule has 2 N–H and O–H groups in total. The van der Waals surface area contributed by atoms with Crippen molar-refractivity contribution in [3.05, 3.63) is 0 Å². The van der Waals surface area contributed by atoms with Gasteiger partial charge in [-0.1, -0.05) is 6.92 Å². The van der Waals surface area contributed by atoms with Crippen molar-refractivity contribution in [3.63, 3.8) is 0 Å². The van der Waals surface area contributed by atoms with Crippen LogP contribution < -0.4 is 5.73 Å². The number of hydrogen-bond donors (Lipinski definition) is 1. The Balaban J connectivity index is 2.02. The lowest BCUT2D eigenvalue weighted by atomic mass is 9.93. The first-order valence-electron chi connectivity index (χ1n) is 6.73. The maximum absolute atomic E-state index is 11.9. The van der Waals surface area contributed by atoms with E-state index in [1.807, 2.05) is 0 Å². The fourth-order valence-electron chi connectivity index (χ4n) is 2.60. The van der Waals surface area contributed by atoms with E-state index in [2.05, 4.69) is 11.8 Å². The Bertz CT molecular complexity index is 287. The summed E-state index contributed by atoms with van der Waals surface area (Å²) in [5.41, 5.74) is 5.57. The van der Waals surface area contributed by atoms with Crippen LogP contribution >= 0.6 is 0 Å². The van der Waals surface area contributed by atoms with Crippen LogP contribution in [0.1, 0.15) is 39.0 Å². The van der Waals surface area contributed by atoms with Crippen LogP contribution in [0.25, 0.3) is 0 Å². The van der Waals surface area contributed by atoms with Crippen molar-refractivity contribution < 1.29 is 9.53 Å². The molecule has 0 aromatic heterocycles. The van der Waals surface area contributed by atoms with E-state index >= 15 is 0 Å². The second-order valence-electron chi connectivity index (χ2n) is 5.51. The molecule has 0 saturated heterocycles. The molecule has 17 heavy (non-hydrogen) atoms. The second-order valence-corrected chi connectivity index (χ2v) is 5.51. The van der Waals surface area contributed by atoms with Crippen LogP contribution in [0, 0.1) is 5.92 Å². The molecule has 0 amide bonds. The first-order chi connectivity index (χ1) is 8.11. The molecule has 0 bridgehead atoms. The molecule has 1 atom stereocenters. The van der Waals surface area contributed by atoms with Gasteiger partial charge in [-0.15, -0.1) is 0 Å². The third-order valence-corrected chi connectivity index (χ3v) is 3.91. The summed E-state index contributed by atoms with van der Waals surface area (Å²) < 4.78 is 4.91. The van der Waals surface area contributed by atoms with E-state index in [-0.39, 0.29) is 5.97 Å². The molecule has 0 radical (unpaired) electrons. The zero-order chi connectivity index (χ0) is 12.5. The van der Waals surface area contributed by atoms with Gasteiger partial charge in [-0.25, -0.2) is 0 Å². The highest BCUT2D eigenvalue weighted by molar-refractivity contribution is 5.81.